The molecule has 2 bridgehead atoms. The standard InChI is InChI=1S/C15H24N2O3/c18-13(19)8-15(4-1-5-15)17-14(20)16-9-12-7-10-2-3-11(12)6-10/h10-12H,1-9H2,(H,18,19)(H2,16,17,20). The van der Waals surface area contributed by atoms with E-state index < -0.39 is 11.5 Å². The van der Waals surface area contributed by atoms with Gasteiger partial charge in [0, 0.05) is 6.54 Å². The van der Waals surface area contributed by atoms with Crippen LogP contribution in [0.25, 0.3) is 0 Å². The summed E-state index contributed by atoms with van der Waals surface area (Å²) in [6.45, 7) is 0.746. The van der Waals surface area contributed by atoms with Gasteiger partial charge in [0.2, 0.25) is 0 Å². The molecule has 0 aromatic rings. The zero-order valence-corrected chi connectivity index (χ0v) is 11.9. The van der Waals surface area contributed by atoms with Crippen molar-refractivity contribution in [1.82, 2.24) is 10.6 Å². The Morgan fingerprint density at radius 1 is 1.20 bits per heavy atom. The average molecular weight is 280 g/mol. The number of urea groups is 1. The van der Waals surface area contributed by atoms with Crippen LogP contribution in [0.5, 0.6) is 0 Å². The van der Waals surface area contributed by atoms with Crippen LogP contribution in [-0.4, -0.2) is 29.2 Å². The maximum Gasteiger partial charge on any atom is 0.315 e. The van der Waals surface area contributed by atoms with Crippen LogP contribution in [0.1, 0.15) is 51.4 Å². The Labute approximate surface area is 119 Å². The van der Waals surface area contributed by atoms with Crippen molar-refractivity contribution in [3.8, 4) is 0 Å². The first kappa shape index (κ1) is 13.7. The lowest BCUT2D eigenvalue weighted by molar-refractivity contribution is -0.139. The number of hydrogen-bond donors (Lipinski definition) is 3. The van der Waals surface area contributed by atoms with Crippen LogP contribution in [0, 0.1) is 17.8 Å². The molecule has 0 aliphatic heterocycles. The quantitative estimate of drug-likeness (QED) is 0.721. The van der Waals surface area contributed by atoms with Crippen molar-refractivity contribution in [3.63, 3.8) is 0 Å². The number of carboxylic acids is 1. The third-order valence-electron chi connectivity index (χ3n) is 5.59. The highest BCUT2D eigenvalue weighted by Gasteiger charge is 2.41. The van der Waals surface area contributed by atoms with Gasteiger partial charge < -0.3 is 15.7 Å². The van der Waals surface area contributed by atoms with Crippen LogP contribution in [0.3, 0.4) is 0 Å². The van der Waals surface area contributed by atoms with Crippen molar-refractivity contribution in [3.05, 3.63) is 0 Å². The lowest BCUT2D eigenvalue weighted by atomic mass is 9.74. The molecule has 0 aromatic heterocycles. The van der Waals surface area contributed by atoms with E-state index in [9.17, 15) is 9.59 Å². The summed E-state index contributed by atoms with van der Waals surface area (Å²) in [6, 6.07) is -0.186. The molecule has 5 heteroatoms. The fourth-order valence-electron chi connectivity index (χ4n) is 4.37. The fourth-order valence-corrected chi connectivity index (χ4v) is 4.37. The fraction of sp³-hybridized carbons (Fsp3) is 0.867. The van der Waals surface area contributed by atoms with Crippen LogP contribution in [0.15, 0.2) is 0 Å². The molecule has 3 aliphatic carbocycles. The predicted molar refractivity (Wildman–Crippen MR) is 74.3 cm³/mol. The average Bonchev–Trinajstić information content (AvgIpc) is 2.95. The second kappa shape index (κ2) is 5.26. The van der Waals surface area contributed by atoms with Gasteiger partial charge in [0.1, 0.15) is 0 Å². The Balaban J connectivity index is 1.44. The van der Waals surface area contributed by atoms with E-state index in [1.807, 2.05) is 0 Å². The van der Waals surface area contributed by atoms with Gasteiger partial charge >= 0.3 is 12.0 Å². The van der Waals surface area contributed by atoms with Gasteiger partial charge in [-0.1, -0.05) is 6.42 Å². The lowest BCUT2D eigenvalue weighted by Crippen LogP contribution is -2.57. The Morgan fingerprint density at radius 3 is 2.50 bits per heavy atom. The lowest BCUT2D eigenvalue weighted by Gasteiger charge is -2.41. The summed E-state index contributed by atoms with van der Waals surface area (Å²) >= 11 is 0. The second-order valence-electron chi connectivity index (χ2n) is 6.97. The van der Waals surface area contributed by atoms with Gasteiger partial charge in [-0.2, -0.15) is 0 Å². The summed E-state index contributed by atoms with van der Waals surface area (Å²) in [5.41, 5.74) is -0.495. The number of carboxylic acid groups (broad SMARTS) is 1. The number of aliphatic carboxylic acids is 1. The summed E-state index contributed by atoms with van der Waals surface area (Å²) in [5.74, 6) is 1.49. The van der Waals surface area contributed by atoms with Gasteiger partial charge in [0.25, 0.3) is 0 Å². The monoisotopic (exact) mass is 280 g/mol. The smallest absolute Gasteiger partial charge is 0.315 e. The topological polar surface area (TPSA) is 78.4 Å². The van der Waals surface area contributed by atoms with Crippen LogP contribution in [0.2, 0.25) is 0 Å². The Kier molecular flexibility index (Phi) is 3.61. The van der Waals surface area contributed by atoms with Crippen molar-refractivity contribution >= 4 is 12.0 Å². The summed E-state index contributed by atoms with van der Waals surface area (Å²) in [4.78, 5) is 22.9. The highest BCUT2D eigenvalue weighted by atomic mass is 16.4. The molecule has 3 atom stereocenters. The zero-order valence-electron chi connectivity index (χ0n) is 11.9. The van der Waals surface area contributed by atoms with Crippen LogP contribution in [0.4, 0.5) is 4.79 Å². The van der Waals surface area contributed by atoms with Gasteiger partial charge in [-0.05, 0) is 56.3 Å². The minimum absolute atomic E-state index is 0.0363. The van der Waals surface area contributed by atoms with Gasteiger partial charge in [0.05, 0.1) is 12.0 Å². The summed E-state index contributed by atoms with van der Waals surface area (Å²) in [7, 11) is 0. The third kappa shape index (κ3) is 2.76. The van der Waals surface area contributed by atoms with Gasteiger partial charge in [-0.3, -0.25) is 4.79 Å². The minimum atomic E-state index is -0.835. The molecule has 0 spiro atoms. The molecule has 112 valence electrons. The van der Waals surface area contributed by atoms with Gasteiger partial charge in [0.15, 0.2) is 0 Å². The van der Waals surface area contributed by atoms with E-state index in [2.05, 4.69) is 10.6 Å². The number of carbonyl (C=O) groups is 2. The molecule has 2 amide bonds. The first-order valence-corrected chi connectivity index (χ1v) is 7.84. The van der Waals surface area contributed by atoms with E-state index >= 15 is 0 Å². The first-order valence-electron chi connectivity index (χ1n) is 7.84. The Morgan fingerprint density at radius 2 is 2.00 bits per heavy atom. The summed E-state index contributed by atoms with van der Waals surface area (Å²) in [6.07, 6.45) is 7.88. The molecule has 3 rings (SSSR count). The van der Waals surface area contributed by atoms with Crippen molar-refractivity contribution in [2.24, 2.45) is 17.8 Å². The van der Waals surface area contributed by atoms with Gasteiger partial charge in [-0.25, -0.2) is 4.79 Å². The SMILES string of the molecule is O=C(O)CC1(NC(=O)NCC2CC3CCC2C3)CCC1. The molecule has 0 saturated heterocycles. The normalized spacial score (nSPS) is 33.5. The van der Waals surface area contributed by atoms with E-state index in [1.165, 1.54) is 25.7 Å². The first-order chi connectivity index (χ1) is 9.56. The van der Waals surface area contributed by atoms with Crippen LogP contribution in [-0.2, 0) is 4.79 Å². The van der Waals surface area contributed by atoms with Crippen LogP contribution >= 0.6 is 0 Å². The molecule has 0 heterocycles. The molecule has 20 heavy (non-hydrogen) atoms. The van der Waals surface area contributed by atoms with Crippen molar-refractivity contribution < 1.29 is 14.7 Å². The zero-order chi connectivity index (χ0) is 14.2. The van der Waals surface area contributed by atoms with E-state index in [1.54, 1.807) is 0 Å². The number of nitrogens with one attached hydrogen (secondary N) is 2. The molecule has 3 unspecified atom stereocenters. The highest BCUT2D eigenvalue weighted by Crippen LogP contribution is 2.47. The predicted octanol–water partition coefficient (Wildman–Crippen LogP) is 2.12. The van der Waals surface area contributed by atoms with Gasteiger partial charge in [-0.15, -0.1) is 0 Å². The summed E-state index contributed by atoms with van der Waals surface area (Å²) < 4.78 is 0. The molecule has 3 N–H and O–H groups in total. The minimum Gasteiger partial charge on any atom is -0.481 e. The molecule has 0 radical (unpaired) electrons. The van der Waals surface area contributed by atoms with E-state index in [-0.39, 0.29) is 12.5 Å². The van der Waals surface area contributed by atoms with Crippen molar-refractivity contribution in [1.29, 1.82) is 0 Å². The van der Waals surface area contributed by atoms with Crippen molar-refractivity contribution in [2.45, 2.75) is 56.9 Å². The number of fused-ring (bicyclic) bond motifs is 2. The summed E-state index contributed by atoms with van der Waals surface area (Å²) in [5, 5.41) is 14.8. The number of carbonyl (C=O) groups excluding carboxylic acids is 1. The third-order valence-corrected chi connectivity index (χ3v) is 5.59. The number of rotatable bonds is 5. The Bertz CT molecular complexity index is 406. The molecular formula is C15H24N2O3. The largest absolute Gasteiger partial charge is 0.481 e. The number of hydrogen-bond acceptors (Lipinski definition) is 2. The van der Waals surface area contributed by atoms with Crippen LogP contribution < -0.4 is 10.6 Å². The van der Waals surface area contributed by atoms with Crippen molar-refractivity contribution in [2.75, 3.05) is 6.54 Å². The maximum absolute atomic E-state index is 12.0. The van der Waals surface area contributed by atoms with E-state index in [0.29, 0.717) is 5.92 Å². The molecule has 0 aromatic carbocycles. The number of amides is 2. The maximum atomic E-state index is 12.0. The van der Waals surface area contributed by atoms with E-state index in [4.69, 9.17) is 5.11 Å². The molecule has 3 aliphatic rings. The molecule has 5 nitrogen and oxygen atoms in total. The molecular weight excluding hydrogens is 256 g/mol. The highest BCUT2D eigenvalue weighted by molar-refractivity contribution is 5.77. The molecule has 3 saturated carbocycles. The van der Waals surface area contributed by atoms with E-state index in [0.717, 1.165) is 37.6 Å². The Hall–Kier alpha value is -1.26. The molecule has 3 fully saturated rings. The second-order valence-corrected chi connectivity index (χ2v) is 6.97.